The minimum absolute atomic E-state index is 0.0126. The van der Waals surface area contributed by atoms with E-state index in [-0.39, 0.29) is 17.7 Å². The number of anilines is 1. The SMILES string of the molecule is CC(=O)N1CCN(C(=O)c2ccc(/C=C/c3n[nH]c4ccccc34)c(NC(=O)c3cccn3C)c2)CC1. The summed E-state index contributed by atoms with van der Waals surface area (Å²) in [5.41, 5.74) is 3.96. The van der Waals surface area contributed by atoms with Crippen LogP contribution < -0.4 is 5.32 Å². The second-order valence-electron chi connectivity index (χ2n) is 9.05. The molecule has 5 rings (SSSR count). The van der Waals surface area contributed by atoms with E-state index in [9.17, 15) is 14.4 Å². The molecule has 0 atom stereocenters. The molecule has 0 aliphatic carbocycles. The molecule has 0 saturated carbocycles. The van der Waals surface area contributed by atoms with Crippen LogP contribution in [-0.2, 0) is 11.8 Å². The maximum atomic E-state index is 13.3. The highest BCUT2D eigenvalue weighted by atomic mass is 16.2. The Bertz CT molecular complexity index is 1510. The molecule has 9 heteroatoms. The molecule has 0 bridgehead atoms. The van der Waals surface area contributed by atoms with Gasteiger partial charge in [0.05, 0.1) is 11.2 Å². The zero-order valence-corrected chi connectivity index (χ0v) is 20.8. The topological polar surface area (TPSA) is 103 Å². The van der Waals surface area contributed by atoms with Gasteiger partial charge in [0.15, 0.2) is 0 Å². The molecule has 4 aromatic rings. The molecule has 1 aliphatic rings. The second-order valence-corrected chi connectivity index (χ2v) is 9.05. The van der Waals surface area contributed by atoms with Gasteiger partial charge in [-0.15, -0.1) is 0 Å². The van der Waals surface area contributed by atoms with Crippen molar-refractivity contribution in [1.29, 1.82) is 0 Å². The Hall–Kier alpha value is -4.66. The number of piperazine rings is 1. The number of nitrogens with zero attached hydrogens (tertiary/aromatic N) is 4. The number of amides is 3. The van der Waals surface area contributed by atoms with Crippen molar-refractivity contribution in [2.75, 3.05) is 31.5 Å². The van der Waals surface area contributed by atoms with Crippen LogP contribution in [0.2, 0.25) is 0 Å². The number of aromatic nitrogens is 3. The van der Waals surface area contributed by atoms with Gasteiger partial charge in [-0.25, -0.2) is 0 Å². The molecule has 0 radical (unpaired) electrons. The molecule has 2 aromatic heterocycles. The average Bonchev–Trinajstić information content (AvgIpc) is 3.53. The van der Waals surface area contributed by atoms with Gasteiger partial charge in [0.25, 0.3) is 11.8 Å². The van der Waals surface area contributed by atoms with E-state index >= 15 is 0 Å². The van der Waals surface area contributed by atoms with Crippen molar-refractivity contribution >= 4 is 46.5 Å². The van der Waals surface area contributed by atoms with Crippen LogP contribution in [0.4, 0.5) is 5.69 Å². The van der Waals surface area contributed by atoms with Crippen LogP contribution in [0.5, 0.6) is 0 Å². The van der Waals surface area contributed by atoms with Gasteiger partial charge in [-0.2, -0.15) is 5.10 Å². The Kier molecular flexibility index (Phi) is 6.59. The third kappa shape index (κ3) is 5.02. The van der Waals surface area contributed by atoms with Gasteiger partial charge in [0.2, 0.25) is 5.91 Å². The van der Waals surface area contributed by atoms with E-state index in [1.54, 1.807) is 51.9 Å². The number of carbonyl (C=O) groups is 3. The standard InChI is InChI=1S/C28H28N6O3/c1-19(35)33-14-16-34(17-15-33)28(37)21-10-9-20(11-12-24-22-6-3-4-7-23(22)30-31-24)25(18-21)29-27(36)26-8-5-13-32(26)2/h3-13,18H,14-17H2,1-2H3,(H,29,36)(H,30,31)/b12-11+. The highest BCUT2D eigenvalue weighted by Gasteiger charge is 2.24. The predicted molar refractivity (Wildman–Crippen MR) is 143 cm³/mol. The lowest BCUT2D eigenvalue weighted by Gasteiger charge is -2.34. The molecule has 37 heavy (non-hydrogen) atoms. The number of nitrogens with one attached hydrogen (secondary N) is 2. The van der Waals surface area contributed by atoms with Crippen LogP contribution in [-0.4, -0.2) is 68.5 Å². The van der Waals surface area contributed by atoms with Crippen LogP contribution in [0.15, 0.2) is 60.8 Å². The highest BCUT2D eigenvalue weighted by molar-refractivity contribution is 6.06. The summed E-state index contributed by atoms with van der Waals surface area (Å²) in [6, 6.07) is 16.7. The molecule has 1 fully saturated rings. The fourth-order valence-corrected chi connectivity index (χ4v) is 4.51. The van der Waals surface area contributed by atoms with E-state index in [4.69, 9.17) is 0 Å². The van der Waals surface area contributed by atoms with Gasteiger partial charge in [0, 0.05) is 63.0 Å². The lowest BCUT2D eigenvalue weighted by molar-refractivity contribution is -0.130. The Morgan fingerprint density at radius 2 is 1.70 bits per heavy atom. The molecule has 1 saturated heterocycles. The molecule has 188 valence electrons. The summed E-state index contributed by atoms with van der Waals surface area (Å²) < 4.78 is 1.74. The molecular formula is C28H28N6O3. The summed E-state index contributed by atoms with van der Waals surface area (Å²) in [6.07, 6.45) is 5.57. The quantitative estimate of drug-likeness (QED) is 0.440. The maximum absolute atomic E-state index is 13.3. The van der Waals surface area contributed by atoms with Crippen molar-refractivity contribution in [3.05, 3.63) is 83.3 Å². The van der Waals surface area contributed by atoms with Gasteiger partial charge < -0.3 is 19.7 Å². The van der Waals surface area contributed by atoms with Gasteiger partial charge in [0.1, 0.15) is 5.69 Å². The normalized spacial score (nSPS) is 13.9. The van der Waals surface area contributed by atoms with Crippen molar-refractivity contribution in [3.63, 3.8) is 0 Å². The van der Waals surface area contributed by atoms with Crippen LogP contribution in [0.25, 0.3) is 23.1 Å². The van der Waals surface area contributed by atoms with Crippen molar-refractivity contribution in [1.82, 2.24) is 24.6 Å². The molecule has 0 unspecified atom stereocenters. The number of hydrogen-bond donors (Lipinski definition) is 2. The molecule has 3 amide bonds. The minimum Gasteiger partial charge on any atom is -0.347 e. The van der Waals surface area contributed by atoms with E-state index in [0.29, 0.717) is 43.1 Å². The summed E-state index contributed by atoms with van der Waals surface area (Å²) >= 11 is 0. The van der Waals surface area contributed by atoms with Crippen LogP contribution in [0, 0.1) is 0 Å². The first kappa shape index (κ1) is 24.1. The van der Waals surface area contributed by atoms with Gasteiger partial charge in [-0.3, -0.25) is 19.5 Å². The fourth-order valence-electron chi connectivity index (χ4n) is 4.51. The Balaban J connectivity index is 1.44. The minimum atomic E-state index is -0.271. The molecule has 1 aliphatic heterocycles. The first-order chi connectivity index (χ1) is 17.9. The molecule has 3 heterocycles. The van der Waals surface area contributed by atoms with Crippen molar-refractivity contribution in [2.45, 2.75) is 6.92 Å². The van der Waals surface area contributed by atoms with Gasteiger partial charge in [-0.1, -0.05) is 30.3 Å². The number of para-hydroxylation sites is 1. The molecule has 2 N–H and O–H groups in total. The summed E-state index contributed by atoms with van der Waals surface area (Å²) in [5.74, 6) is -0.392. The lowest BCUT2D eigenvalue weighted by Crippen LogP contribution is -2.50. The summed E-state index contributed by atoms with van der Waals surface area (Å²) in [6.45, 7) is 3.50. The largest absolute Gasteiger partial charge is 0.347 e. The number of rotatable bonds is 5. The van der Waals surface area contributed by atoms with E-state index in [2.05, 4.69) is 15.5 Å². The summed E-state index contributed by atoms with van der Waals surface area (Å²) in [4.78, 5) is 41.4. The first-order valence-electron chi connectivity index (χ1n) is 12.1. The number of fused-ring (bicyclic) bond motifs is 1. The van der Waals surface area contributed by atoms with Crippen LogP contribution in [0.3, 0.4) is 0 Å². The van der Waals surface area contributed by atoms with E-state index in [1.807, 2.05) is 42.5 Å². The zero-order valence-electron chi connectivity index (χ0n) is 20.8. The van der Waals surface area contributed by atoms with Crippen LogP contribution >= 0.6 is 0 Å². The maximum Gasteiger partial charge on any atom is 0.272 e. The van der Waals surface area contributed by atoms with Gasteiger partial charge in [-0.05, 0) is 42.0 Å². The Labute approximate surface area is 214 Å². The number of benzene rings is 2. The summed E-state index contributed by atoms with van der Waals surface area (Å²) in [7, 11) is 1.80. The highest BCUT2D eigenvalue weighted by Crippen LogP contribution is 2.24. The average molecular weight is 497 g/mol. The van der Waals surface area contributed by atoms with Crippen molar-refractivity contribution < 1.29 is 14.4 Å². The van der Waals surface area contributed by atoms with E-state index < -0.39 is 0 Å². The number of aryl methyl sites for hydroxylation is 1. The number of hydrogen-bond acceptors (Lipinski definition) is 4. The second kappa shape index (κ2) is 10.1. The molecular weight excluding hydrogens is 468 g/mol. The number of H-pyrrole nitrogens is 1. The fraction of sp³-hybridized carbons (Fsp3) is 0.214. The summed E-state index contributed by atoms with van der Waals surface area (Å²) in [5, 5.41) is 11.4. The van der Waals surface area contributed by atoms with E-state index in [0.717, 1.165) is 22.2 Å². The molecule has 9 nitrogen and oxygen atoms in total. The Morgan fingerprint density at radius 1 is 0.946 bits per heavy atom. The van der Waals surface area contributed by atoms with Crippen molar-refractivity contribution in [3.8, 4) is 0 Å². The van der Waals surface area contributed by atoms with E-state index in [1.165, 1.54) is 6.92 Å². The van der Waals surface area contributed by atoms with Crippen molar-refractivity contribution in [2.24, 2.45) is 7.05 Å². The third-order valence-electron chi connectivity index (χ3n) is 6.66. The van der Waals surface area contributed by atoms with Crippen LogP contribution in [0.1, 0.15) is 39.0 Å². The zero-order chi connectivity index (χ0) is 25.9. The number of carbonyl (C=O) groups excluding carboxylic acids is 3. The monoisotopic (exact) mass is 496 g/mol. The molecule has 0 spiro atoms. The smallest absolute Gasteiger partial charge is 0.272 e. The first-order valence-corrected chi connectivity index (χ1v) is 12.1. The molecule has 2 aromatic carbocycles. The van der Waals surface area contributed by atoms with Gasteiger partial charge >= 0.3 is 0 Å². The number of aromatic amines is 1. The lowest BCUT2D eigenvalue weighted by atomic mass is 10.1. The third-order valence-corrected chi connectivity index (χ3v) is 6.66. The Morgan fingerprint density at radius 3 is 2.43 bits per heavy atom. The predicted octanol–water partition coefficient (Wildman–Crippen LogP) is 3.63.